The molecule has 120 valence electrons. The number of rotatable bonds is 5. The number of aromatic nitrogens is 3. The minimum absolute atomic E-state index is 0.199. The average molecular weight is 324 g/mol. The molecule has 1 atom stereocenters. The Labute approximate surface area is 132 Å². The number of piperidine rings is 1. The third-order valence-corrected chi connectivity index (χ3v) is 4.78. The number of hydrogen-bond donors (Lipinski definition) is 2. The van der Waals surface area contributed by atoms with Gasteiger partial charge in [0.15, 0.2) is 10.2 Å². The zero-order valence-corrected chi connectivity index (χ0v) is 13.3. The van der Waals surface area contributed by atoms with Gasteiger partial charge in [-0.05, 0) is 43.3 Å². The number of aliphatic hydroxyl groups excluding tert-OH is 1. The van der Waals surface area contributed by atoms with Crippen molar-refractivity contribution < 1.29 is 14.6 Å². The molecule has 7 nitrogen and oxygen atoms in total. The molecule has 1 aliphatic heterocycles. The fourth-order valence-corrected chi connectivity index (χ4v) is 3.39. The molecule has 0 unspecified atom stereocenters. The molecule has 2 aromatic rings. The van der Waals surface area contributed by atoms with Gasteiger partial charge in [0.25, 0.3) is 0 Å². The Bertz CT molecular complexity index is 629. The summed E-state index contributed by atoms with van der Waals surface area (Å²) >= 11 is 1.42. The van der Waals surface area contributed by atoms with Crippen molar-refractivity contribution in [3.05, 3.63) is 24.2 Å². The van der Waals surface area contributed by atoms with E-state index in [9.17, 15) is 10.2 Å². The quantitative estimate of drug-likeness (QED) is 0.844. The Kier molecular flexibility index (Phi) is 4.53. The minimum Gasteiger partial charge on any atom is -0.453 e. The van der Waals surface area contributed by atoms with Crippen molar-refractivity contribution >= 4 is 11.8 Å². The fourth-order valence-electron chi connectivity index (χ4n) is 2.64. The smallest absolute Gasteiger partial charge is 0.198 e. The lowest BCUT2D eigenvalue weighted by atomic mass is 9.94. The highest BCUT2D eigenvalue weighted by molar-refractivity contribution is 7.99. The first-order valence-electron chi connectivity index (χ1n) is 7.24. The van der Waals surface area contributed by atoms with Gasteiger partial charge >= 0.3 is 0 Å². The maximum Gasteiger partial charge on any atom is 0.198 e. The molecule has 0 aromatic carbocycles. The molecular weight excluding hydrogens is 304 g/mol. The Hall–Kier alpha value is -1.35. The number of furan rings is 1. The molecular formula is C14H20N4O3S. The zero-order chi connectivity index (χ0) is 15.6. The van der Waals surface area contributed by atoms with Gasteiger partial charge in [-0.2, -0.15) is 0 Å². The van der Waals surface area contributed by atoms with Crippen LogP contribution in [0, 0.1) is 0 Å². The van der Waals surface area contributed by atoms with Crippen LogP contribution >= 0.6 is 11.8 Å². The van der Waals surface area contributed by atoms with Crippen molar-refractivity contribution in [2.45, 2.75) is 35.2 Å². The molecule has 2 N–H and O–H groups in total. The first kappa shape index (κ1) is 15.5. The van der Waals surface area contributed by atoms with E-state index in [2.05, 4.69) is 15.1 Å². The molecule has 8 heteroatoms. The second-order valence-electron chi connectivity index (χ2n) is 5.74. The largest absolute Gasteiger partial charge is 0.453 e. The summed E-state index contributed by atoms with van der Waals surface area (Å²) in [5.74, 6) is 0.840. The van der Waals surface area contributed by atoms with Gasteiger partial charge in [-0.15, -0.1) is 10.2 Å². The molecule has 0 saturated carbocycles. The molecule has 3 rings (SSSR count). The van der Waals surface area contributed by atoms with Crippen LogP contribution in [0.3, 0.4) is 0 Å². The highest BCUT2D eigenvalue weighted by atomic mass is 32.2. The molecule has 1 aliphatic rings. The van der Waals surface area contributed by atoms with E-state index in [1.165, 1.54) is 11.8 Å². The summed E-state index contributed by atoms with van der Waals surface area (Å²) in [6.07, 6.45) is 3.17. The first-order valence-corrected chi connectivity index (χ1v) is 8.06. The summed E-state index contributed by atoms with van der Waals surface area (Å²) < 4.78 is 7.64. The van der Waals surface area contributed by atoms with Crippen molar-refractivity contribution in [1.29, 1.82) is 0 Å². The van der Waals surface area contributed by atoms with Crippen LogP contribution in [0.1, 0.15) is 18.6 Å². The van der Waals surface area contributed by atoms with E-state index in [-0.39, 0.29) is 6.61 Å². The van der Waals surface area contributed by atoms with Crippen LogP contribution in [0.2, 0.25) is 0 Å². The second-order valence-corrected chi connectivity index (χ2v) is 6.72. The monoisotopic (exact) mass is 324 g/mol. The van der Waals surface area contributed by atoms with Crippen molar-refractivity contribution in [3.63, 3.8) is 0 Å². The van der Waals surface area contributed by atoms with Crippen molar-refractivity contribution in [2.75, 3.05) is 19.7 Å². The lowest BCUT2D eigenvalue weighted by Crippen LogP contribution is -2.49. The molecule has 0 spiro atoms. The summed E-state index contributed by atoms with van der Waals surface area (Å²) in [6.45, 7) is 1.79. The molecule has 22 heavy (non-hydrogen) atoms. The summed E-state index contributed by atoms with van der Waals surface area (Å²) in [7, 11) is 1.88. The van der Waals surface area contributed by atoms with E-state index in [4.69, 9.17) is 4.42 Å². The first-order chi connectivity index (χ1) is 10.6. The molecule has 0 aliphatic carbocycles. The molecule has 0 bridgehead atoms. The predicted octanol–water partition coefficient (Wildman–Crippen LogP) is 0.878. The van der Waals surface area contributed by atoms with Crippen LogP contribution in [-0.4, -0.2) is 55.2 Å². The Morgan fingerprint density at radius 1 is 1.45 bits per heavy atom. The fraction of sp³-hybridized carbons (Fsp3) is 0.571. The van der Waals surface area contributed by atoms with E-state index < -0.39 is 5.60 Å². The second kappa shape index (κ2) is 6.41. The Balaban J connectivity index is 1.61. The van der Waals surface area contributed by atoms with Crippen LogP contribution in [0.15, 0.2) is 33.1 Å². The Morgan fingerprint density at radius 2 is 2.32 bits per heavy atom. The van der Waals surface area contributed by atoms with Crippen LogP contribution in [0.4, 0.5) is 0 Å². The maximum atomic E-state index is 10.2. The molecule has 2 aromatic heterocycles. The third kappa shape index (κ3) is 3.52. The van der Waals surface area contributed by atoms with Gasteiger partial charge in [0, 0.05) is 13.6 Å². The number of hydrogen-bond acceptors (Lipinski definition) is 7. The Morgan fingerprint density at radius 3 is 3.05 bits per heavy atom. The summed E-state index contributed by atoms with van der Waals surface area (Å²) in [5.41, 5.74) is -0.985. The number of nitrogens with zero attached hydrogens (tertiary/aromatic N) is 4. The normalized spacial score (nSPS) is 23.0. The lowest BCUT2D eigenvalue weighted by Gasteiger charge is -2.37. The van der Waals surface area contributed by atoms with E-state index in [0.717, 1.165) is 29.0 Å². The van der Waals surface area contributed by atoms with Crippen LogP contribution < -0.4 is 0 Å². The van der Waals surface area contributed by atoms with Gasteiger partial charge in [-0.25, -0.2) is 0 Å². The van der Waals surface area contributed by atoms with E-state index in [1.807, 2.05) is 23.7 Å². The van der Waals surface area contributed by atoms with Crippen molar-refractivity contribution in [3.8, 4) is 0 Å². The van der Waals surface area contributed by atoms with Gasteiger partial charge in [0.05, 0.1) is 13.2 Å². The van der Waals surface area contributed by atoms with E-state index in [0.29, 0.717) is 19.5 Å². The third-order valence-electron chi connectivity index (χ3n) is 3.81. The van der Waals surface area contributed by atoms with Crippen LogP contribution in [0.25, 0.3) is 0 Å². The highest BCUT2D eigenvalue weighted by Crippen LogP contribution is 2.28. The van der Waals surface area contributed by atoms with Crippen LogP contribution in [0.5, 0.6) is 0 Å². The molecule has 3 heterocycles. The SMILES string of the molecule is Cn1cnnc1Sc1ccc(CN2CCC[C@@](O)(CO)C2)o1. The number of aliphatic hydroxyl groups is 2. The summed E-state index contributed by atoms with van der Waals surface area (Å²) in [4.78, 5) is 2.11. The lowest BCUT2D eigenvalue weighted by molar-refractivity contribution is -0.0698. The van der Waals surface area contributed by atoms with Gasteiger partial charge in [0.1, 0.15) is 17.7 Å². The topological polar surface area (TPSA) is 87.6 Å². The number of likely N-dealkylation sites (tertiary alicyclic amines) is 1. The molecule has 0 radical (unpaired) electrons. The van der Waals surface area contributed by atoms with Gasteiger partial charge in [0.2, 0.25) is 0 Å². The minimum atomic E-state index is -0.985. The van der Waals surface area contributed by atoms with Gasteiger partial charge in [-0.1, -0.05) is 0 Å². The van der Waals surface area contributed by atoms with Crippen LogP contribution in [-0.2, 0) is 13.6 Å². The van der Waals surface area contributed by atoms with E-state index in [1.54, 1.807) is 6.33 Å². The standard InChI is InChI=1S/C14H20N4O3S/c1-17-10-15-16-13(17)22-12-4-3-11(21-12)7-18-6-2-5-14(20,8-18)9-19/h3-4,10,19-20H,2,5-9H2,1H3/t14-/m0/s1. The van der Waals surface area contributed by atoms with Crippen molar-refractivity contribution in [2.24, 2.45) is 7.05 Å². The van der Waals surface area contributed by atoms with E-state index >= 15 is 0 Å². The average Bonchev–Trinajstić information content (AvgIpc) is 3.10. The molecule has 1 saturated heterocycles. The zero-order valence-electron chi connectivity index (χ0n) is 12.5. The highest BCUT2D eigenvalue weighted by Gasteiger charge is 2.32. The number of aryl methyl sites for hydroxylation is 1. The summed E-state index contributed by atoms with van der Waals surface area (Å²) in [5, 5.41) is 28.9. The predicted molar refractivity (Wildman–Crippen MR) is 80.4 cm³/mol. The van der Waals surface area contributed by atoms with Crippen molar-refractivity contribution in [1.82, 2.24) is 19.7 Å². The molecule has 0 amide bonds. The maximum absolute atomic E-state index is 10.2. The van der Waals surface area contributed by atoms with Gasteiger partial charge in [-0.3, -0.25) is 4.90 Å². The summed E-state index contributed by atoms with van der Waals surface area (Å²) in [6, 6.07) is 3.85. The number of β-amino-alcohol motifs (C(OH)–C–C–N with tert-alkyl or cyclic N) is 1. The molecule has 1 fully saturated rings. The van der Waals surface area contributed by atoms with Gasteiger partial charge < -0.3 is 19.2 Å².